The molecular formula is C22H30N4O2. The summed E-state index contributed by atoms with van der Waals surface area (Å²) in [6, 6.07) is 16.1. The summed E-state index contributed by atoms with van der Waals surface area (Å²) in [7, 11) is 1.63. The minimum atomic E-state index is -0.0540. The van der Waals surface area contributed by atoms with E-state index in [1.54, 1.807) is 7.11 Å². The van der Waals surface area contributed by atoms with Crippen molar-refractivity contribution in [3.63, 3.8) is 0 Å². The maximum Gasteiger partial charge on any atom is 0.321 e. The number of benzene rings is 2. The van der Waals surface area contributed by atoms with E-state index in [-0.39, 0.29) is 6.03 Å². The Bertz CT molecular complexity index is 749. The number of anilines is 3. The van der Waals surface area contributed by atoms with E-state index >= 15 is 0 Å². The molecule has 2 amide bonds. The molecule has 6 heteroatoms. The predicted octanol–water partition coefficient (Wildman–Crippen LogP) is 3.90. The van der Waals surface area contributed by atoms with Crippen LogP contribution in [0.3, 0.4) is 0 Å². The molecule has 28 heavy (non-hydrogen) atoms. The van der Waals surface area contributed by atoms with Crippen molar-refractivity contribution in [3.8, 4) is 5.75 Å². The molecule has 1 aliphatic rings. The second kappa shape index (κ2) is 9.35. The number of piperazine rings is 1. The Morgan fingerprint density at radius 3 is 2.11 bits per heavy atom. The number of carbonyl (C=O) groups excluding carboxylic acids is 1. The number of hydrogen-bond donors (Lipinski definition) is 1. The van der Waals surface area contributed by atoms with E-state index in [1.165, 1.54) is 11.4 Å². The van der Waals surface area contributed by atoms with Gasteiger partial charge in [0.05, 0.1) is 7.11 Å². The first-order valence-corrected chi connectivity index (χ1v) is 9.94. The third-order valence-corrected chi connectivity index (χ3v) is 5.25. The van der Waals surface area contributed by atoms with Gasteiger partial charge >= 0.3 is 6.03 Å². The summed E-state index contributed by atoms with van der Waals surface area (Å²) in [6.45, 7) is 9.46. The first-order chi connectivity index (χ1) is 13.6. The molecule has 1 aliphatic heterocycles. The number of methoxy groups -OCH3 is 1. The summed E-state index contributed by atoms with van der Waals surface area (Å²) < 4.78 is 5.15. The Balaban J connectivity index is 1.52. The van der Waals surface area contributed by atoms with Crippen LogP contribution in [0.4, 0.5) is 21.9 Å². The Morgan fingerprint density at radius 1 is 0.964 bits per heavy atom. The second-order valence-electron chi connectivity index (χ2n) is 6.82. The van der Waals surface area contributed by atoms with E-state index < -0.39 is 0 Å². The minimum absolute atomic E-state index is 0.0540. The molecule has 0 saturated carbocycles. The van der Waals surface area contributed by atoms with Gasteiger partial charge in [-0.15, -0.1) is 0 Å². The van der Waals surface area contributed by atoms with Gasteiger partial charge in [-0.1, -0.05) is 0 Å². The van der Waals surface area contributed by atoms with Gasteiger partial charge in [-0.3, -0.25) is 0 Å². The summed E-state index contributed by atoms with van der Waals surface area (Å²) >= 11 is 0. The molecule has 1 saturated heterocycles. The first kappa shape index (κ1) is 19.9. The zero-order chi connectivity index (χ0) is 19.9. The molecule has 1 fully saturated rings. The lowest BCUT2D eigenvalue weighted by Gasteiger charge is -2.36. The van der Waals surface area contributed by atoms with Crippen molar-refractivity contribution in [2.75, 3.05) is 61.5 Å². The number of rotatable bonds is 6. The molecule has 3 rings (SSSR count). The normalized spacial score (nSPS) is 14.0. The third kappa shape index (κ3) is 4.68. The summed E-state index contributed by atoms with van der Waals surface area (Å²) in [5.74, 6) is 0.777. The first-order valence-electron chi connectivity index (χ1n) is 9.94. The van der Waals surface area contributed by atoms with E-state index in [2.05, 4.69) is 53.2 Å². The highest BCUT2D eigenvalue weighted by Gasteiger charge is 2.21. The number of carbonyl (C=O) groups is 1. The largest absolute Gasteiger partial charge is 0.497 e. The van der Waals surface area contributed by atoms with E-state index in [1.807, 2.05) is 29.2 Å². The number of urea groups is 1. The van der Waals surface area contributed by atoms with Gasteiger partial charge in [0.2, 0.25) is 0 Å². The maximum absolute atomic E-state index is 12.5. The molecule has 1 heterocycles. The molecule has 2 aromatic carbocycles. The minimum Gasteiger partial charge on any atom is -0.497 e. The van der Waals surface area contributed by atoms with Crippen LogP contribution in [0.15, 0.2) is 48.5 Å². The molecule has 1 N–H and O–H groups in total. The lowest BCUT2D eigenvalue weighted by Crippen LogP contribution is -2.50. The van der Waals surface area contributed by atoms with Crippen LogP contribution in [-0.4, -0.2) is 57.3 Å². The van der Waals surface area contributed by atoms with E-state index in [0.29, 0.717) is 13.1 Å². The van der Waals surface area contributed by atoms with Gasteiger partial charge in [0, 0.05) is 56.3 Å². The van der Waals surface area contributed by atoms with Gasteiger partial charge in [0.1, 0.15) is 5.75 Å². The van der Waals surface area contributed by atoms with E-state index in [4.69, 9.17) is 4.74 Å². The Kier molecular flexibility index (Phi) is 6.63. The predicted molar refractivity (Wildman–Crippen MR) is 116 cm³/mol. The zero-order valence-corrected chi connectivity index (χ0v) is 17.0. The van der Waals surface area contributed by atoms with Crippen molar-refractivity contribution in [2.45, 2.75) is 13.8 Å². The quantitative estimate of drug-likeness (QED) is 0.823. The van der Waals surface area contributed by atoms with Crippen LogP contribution in [0.2, 0.25) is 0 Å². The summed E-state index contributed by atoms with van der Waals surface area (Å²) in [4.78, 5) is 19.1. The van der Waals surface area contributed by atoms with Crippen molar-refractivity contribution in [3.05, 3.63) is 48.5 Å². The van der Waals surface area contributed by atoms with Crippen molar-refractivity contribution >= 4 is 23.1 Å². The van der Waals surface area contributed by atoms with Crippen molar-refractivity contribution < 1.29 is 9.53 Å². The van der Waals surface area contributed by atoms with E-state index in [9.17, 15) is 4.79 Å². The molecule has 0 aliphatic carbocycles. The van der Waals surface area contributed by atoms with Gasteiger partial charge in [0.15, 0.2) is 0 Å². The molecular weight excluding hydrogens is 352 g/mol. The SMILES string of the molecule is CCN(CC)c1ccc(N2CCN(C(=O)Nc3ccc(OC)cc3)CC2)cc1. The lowest BCUT2D eigenvalue weighted by molar-refractivity contribution is 0.208. The monoisotopic (exact) mass is 382 g/mol. The molecule has 0 unspecified atom stereocenters. The molecule has 0 bridgehead atoms. The number of ether oxygens (including phenoxy) is 1. The van der Waals surface area contributed by atoms with Gasteiger partial charge in [-0.25, -0.2) is 4.79 Å². The van der Waals surface area contributed by atoms with Gasteiger partial charge in [0.25, 0.3) is 0 Å². The Morgan fingerprint density at radius 2 is 1.57 bits per heavy atom. The van der Waals surface area contributed by atoms with Gasteiger partial charge < -0.3 is 24.8 Å². The number of nitrogens with one attached hydrogen (secondary N) is 1. The fourth-order valence-electron chi connectivity index (χ4n) is 3.51. The molecule has 6 nitrogen and oxygen atoms in total. The molecule has 0 radical (unpaired) electrons. The molecule has 150 valence electrons. The van der Waals surface area contributed by atoms with E-state index in [0.717, 1.165) is 37.6 Å². The number of nitrogens with zero attached hydrogens (tertiary/aromatic N) is 3. The molecule has 2 aromatic rings. The fraction of sp³-hybridized carbons (Fsp3) is 0.409. The number of amides is 2. The van der Waals surface area contributed by atoms with Crippen LogP contribution >= 0.6 is 0 Å². The van der Waals surface area contributed by atoms with Crippen LogP contribution in [-0.2, 0) is 0 Å². The van der Waals surface area contributed by atoms with Crippen LogP contribution in [0, 0.1) is 0 Å². The topological polar surface area (TPSA) is 48.0 Å². The Hall–Kier alpha value is -2.89. The highest BCUT2D eigenvalue weighted by Crippen LogP contribution is 2.22. The highest BCUT2D eigenvalue weighted by molar-refractivity contribution is 5.89. The average molecular weight is 383 g/mol. The van der Waals surface area contributed by atoms with Gasteiger partial charge in [-0.05, 0) is 62.4 Å². The molecule has 0 spiro atoms. The van der Waals surface area contributed by atoms with Crippen LogP contribution < -0.4 is 19.9 Å². The molecule has 0 atom stereocenters. The third-order valence-electron chi connectivity index (χ3n) is 5.25. The average Bonchev–Trinajstić information content (AvgIpc) is 2.76. The maximum atomic E-state index is 12.5. The molecule has 0 aromatic heterocycles. The van der Waals surface area contributed by atoms with Gasteiger partial charge in [-0.2, -0.15) is 0 Å². The van der Waals surface area contributed by atoms with Crippen LogP contribution in [0.1, 0.15) is 13.8 Å². The summed E-state index contributed by atoms with van der Waals surface area (Å²) in [5.41, 5.74) is 3.25. The lowest BCUT2D eigenvalue weighted by atomic mass is 10.2. The number of hydrogen-bond acceptors (Lipinski definition) is 4. The summed E-state index contributed by atoms with van der Waals surface area (Å²) in [5, 5.41) is 2.96. The van der Waals surface area contributed by atoms with Crippen molar-refractivity contribution in [2.24, 2.45) is 0 Å². The van der Waals surface area contributed by atoms with Crippen LogP contribution in [0.25, 0.3) is 0 Å². The highest BCUT2D eigenvalue weighted by atomic mass is 16.5. The zero-order valence-electron chi connectivity index (χ0n) is 17.0. The Labute approximate surface area is 167 Å². The van der Waals surface area contributed by atoms with Crippen molar-refractivity contribution in [1.29, 1.82) is 0 Å². The smallest absolute Gasteiger partial charge is 0.321 e. The fourth-order valence-corrected chi connectivity index (χ4v) is 3.51. The summed E-state index contributed by atoms with van der Waals surface area (Å²) in [6.07, 6.45) is 0. The second-order valence-corrected chi connectivity index (χ2v) is 6.82. The van der Waals surface area contributed by atoms with Crippen LogP contribution in [0.5, 0.6) is 5.75 Å². The van der Waals surface area contributed by atoms with Crippen molar-refractivity contribution in [1.82, 2.24) is 4.90 Å². The standard InChI is InChI=1S/C22H30N4O2/c1-4-24(5-2)19-8-10-20(11-9-19)25-14-16-26(17-15-25)22(27)23-18-6-12-21(28-3)13-7-18/h6-13H,4-5,14-17H2,1-3H3,(H,23,27).